The molecule has 1 aromatic carbocycles. The van der Waals surface area contributed by atoms with Crippen molar-refractivity contribution in [2.45, 2.75) is 46.5 Å². The fourth-order valence-electron chi connectivity index (χ4n) is 4.56. The molecule has 4 rings (SSSR count). The fourth-order valence-corrected chi connectivity index (χ4v) is 4.56. The third-order valence-electron chi connectivity index (χ3n) is 6.59. The molecule has 0 saturated carbocycles. The normalized spacial score (nSPS) is 19.3. The van der Waals surface area contributed by atoms with Gasteiger partial charge >= 0.3 is 0 Å². The van der Waals surface area contributed by atoms with Crippen LogP contribution in [0.4, 0.5) is 5.95 Å². The first-order valence-corrected chi connectivity index (χ1v) is 10.8. The van der Waals surface area contributed by atoms with Gasteiger partial charge in [-0.3, -0.25) is 4.79 Å². The van der Waals surface area contributed by atoms with Gasteiger partial charge in [-0.2, -0.15) is 9.61 Å². The Labute approximate surface area is 177 Å². The Kier molecular flexibility index (Phi) is 5.30. The summed E-state index contributed by atoms with van der Waals surface area (Å²) in [5, 5.41) is 5.37. The number of nitrogen functional groups attached to an aromatic ring is 1. The molecule has 1 amide bonds. The third-order valence-corrected chi connectivity index (χ3v) is 6.59. The summed E-state index contributed by atoms with van der Waals surface area (Å²) in [5.41, 5.74) is 8.22. The van der Waals surface area contributed by atoms with Crippen LogP contribution >= 0.6 is 0 Å². The topological polar surface area (TPSA) is 85.8 Å². The number of carbonyl (C=O) groups excluding carboxylic acids is 1. The predicted molar refractivity (Wildman–Crippen MR) is 119 cm³/mol. The van der Waals surface area contributed by atoms with Gasteiger partial charge in [-0.15, -0.1) is 0 Å². The van der Waals surface area contributed by atoms with Crippen molar-refractivity contribution in [1.82, 2.24) is 19.5 Å². The highest BCUT2D eigenvalue weighted by Crippen LogP contribution is 2.40. The summed E-state index contributed by atoms with van der Waals surface area (Å²) in [6.07, 6.45) is 4.51. The number of anilines is 1. The van der Waals surface area contributed by atoms with Gasteiger partial charge in [-0.1, -0.05) is 39.3 Å². The van der Waals surface area contributed by atoms with Crippen molar-refractivity contribution >= 4 is 28.3 Å². The van der Waals surface area contributed by atoms with Crippen LogP contribution in [0.15, 0.2) is 24.3 Å². The lowest BCUT2D eigenvalue weighted by molar-refractivity contribution is 0.0760. The average molecular weight is 410 g/mol. The second-order valence-electron chi connectivity index (χ2n) is 8.92. The van der Waals surface area contributed by atoms with Crippen LogP contribution in [-0.2, 0) is 0 Å². The number of para-hydroxylation sites is 1. The van der Waals surface area contributed by atoms with Crippen molar-refractivity contribution in [3.63, 3.8) is 0 Å². The molecule has 1 aliphatic rings. The van der Waals surface area contributed by atoms with E-state index < -0.39 is 0 Å². The Balaban J connectivity index is 1.66. The Morgan fingerprint density at radius 2 is 2.17 bits per heavy atom. The van der Waals surface area contributed by atoms with E-state index in [9.17, 15) is 4.79 Å². The number of aromatic nitrogens is 3. The molecule has 7 heteroatoms. The number of carbonyl (C=O) groups is 1. The summed E-state index contributed by atoms with van der Waals surface area (Å²) >= 11 is 0. The van der Waals surface area contributed by atoms with Crippen molar-refractivity contribution in [1.29, 1.82) is 0 Å². The van der Waals surface area contributed by atoms with Crippen LogP contribution in [-0.4, -0.2) is 45.6 Å². The maximum Gasteiger partial charge on any atom is 0.274 e. The molecule has 2 aromatic heterocycles. The number of likely N-dealkylation sites (tertiary alicyclic amines) is 1. The van der Waals surface area contributed by atoms with E-state index in [-0.39, 0.29) is 17.3 Å². The highest BCUT2D eigenvalue weighted by atomic mass is 16.5. The summed E-state index contributed by atoms with van der Waals surface area (Å²) in [6.45, 7) is 8.34. The summed E-state index contributed by atoms with van der Waals surface area (Å²) in [5.74, 6) is 1.53. The van der Waals surface area contributed by atoms with Gasteiger partial charge in [0.1, 0.15) is 11.3 Å². The number of benzene rings is 1. The van der Waals surface area contributed by atoms with E-state index in [4.69, 9.17) is 10.5 Å². The molecule has 3 aromatic rings. The van der Waals surface area contributed by atoms with Gasteiger partial charge in [0, 0.05) is 18.5 Å². The number of hydrogen-bond donors (Lipinski definition) is 1. The van der Waals surface area contributed by atoms with E-state index in [1.807, 2.05) is 29.2 Å². The molecule has 0 aliphatic carbocycles. The quantitative estimate of drug-likeness (QED) is 0.661. The van der Waals surface area contributed by atoms with Gasteiger partial charge in [0.25, 0.3) is 5.91 Å². The molecule has 1 aliphatic heterocycles. The number of rotatable bonds is 6. The molecule has 0 bridgehead atoms. The van der Waals surface area contributed by atoms with Crippen LogP contribution in [0.5, 0.6) is 5.75 Å². The second kappa shape index (κ2) is 7.78. The lowest BCUT2D eigenvalue weighted by Crippen LogP contribution is -2.32. The minimum atomic E-state index is -0.0333. The Morgan fingerprint density at radius 3 is 2.87 bits per heavy atom. The SMILES string of the molecule is CCC1(CCC(C)C)CCN(C(=O)c2cc3c4cccc(OC)c4nc(N)n3n2)C1. The molecule has 160 valence electrons. The maximum atomic E-state index is 13.3. The van der Waals surface area contributed by atoms with Crippen LogP contribution in [0.3, 0.4) is 0 Å². The van der Waals surface area contributed by atoms with Gasteiger partial charge in [0.05, 0.1) is 12.6 Å². The van der Waals surface area contributed by atoms with E-state index in [0.29, 0.717) is 22.9 Å². The molecule has 1 fully saturated rings. The molecule has 3 heterocycles. The van der Waals surface area contributed by atoms with Crippen LogP contribution in [0.1, 0.15) is 56.9 Å². The molecule has 7 nitrogen and oxygen atoms in total. The fraction of sp³-hybridized carbons (Fsp3) is 0.522. The molecule has 0 spiro atoms. The molecule has 30 heavy (non-hydrogen) atoms. The minimum absolute atomic E-state index is 0.0333. The van der Waals surface area contributed by atoms with Crippen molar-refractivity contribution in [3.05, 3.63) is 30.0 Å². The Hall–Kier alpha value is -2.83. The highest BCUT2D eigenvalue weighted by molar-refractivity contribution is 6.01. The zero-order valence-corrected chi connectivity index (χ0v) is 18.3. The van der Waals surface area contributed by atoms with E-state index in [1.54, 1.807) is 11.6 Å². The van der Waals surface area contributed by atoms with Crippen molar-refractivity contribution in [2.24, 2.45) is 11.3 Å². The Morgan fingerprint density at radius 1 is 1.37 bits per heavy atom. The number of amides is 1. The lowest BCUT2D eigenvalue weighted by atomic mass is 9.78. The molecule has 1 atom stereocenters. The van der Waals surface area contributed by atoms with Crippen molar-refractivity contribution in [3.8, 4) is 5.75 Å². The van der Waals surface area contributed by atoms with E-state index >= 15 is 0 Å². The molecule has 2 N–H and O–H groups in total. The second-order valence-corrected chi connectivity index (χ2v) is 8.92. The summed E-state index contributed by atoms with van der Waals surface area (Å²) in [4.78, 5) is 19.7. The molecule has 0 radical (unpaired) electrons. The smallest absolute Gasteiger partial charge is 0.274 e. The lowest BCUT2D eigenvalue weighted by Gasteiger charge is -2.28. The van der Waals surface area contributed by atoms with Gasteiger partial charge < -0.3 is 15.4 Å². The predicted octanol–water partition coefficient (Wildman–Crippen LogP) is 4.15. The summed E-state index contributed by atoms with van der Waals surface area (Å²) in [7, 11) is 1.61. The number of nitrogens with two attached hydrogens (primary N) is 1. The highest BCUT2D eigenvalue weighted by Gasteiger charge is 2.39. The van der Waals surface area contributed by atoms with Crippen molar-refractivity contribution in [2.75, 3.05) is 25.9 Å². The van der Waals surface area contributed by atoms with Gasteiger partial charge in [-0.05, 0) is 42.7 Å². The first-order chi connectivity index (χ1) is 14.4. The first-order valence-electron chi connectivity index (χ1n) is 10.8. The standard InChI is InChI=1S/C23H31N5O2/c1-5-23(10-9-15(2)3)11-12-27(14-23)21(29)17-13-18-16-7-6-8-19(30-4)20(16)25-22(24)28(18)26-17/h6-8,13,15H,5,9-12,14H2,1-4H3,(H2,24,25). The van der Waals surface area contributed by atoms with Crippen LogP contribution in [0, 0.1) is 11.3 Å². The number of fused-ring (bicyclic) bond motifs is 3. The molecule has 1 saturated heterocycles. The van der Waals surface area contributed by atoms with E-state index in [2.05, 4.69) is 30.9 Å². The molecular formula is C23H31N5O2. The first kappa shape index (κ1) is 20.4. The van der Waals surface area contributed by atoms with Crippen molar-refractivity contribution < 1.29 is 9.53 Å². The molecular weight excluding hydrogens is 378 g/mol. The zero-order valence-electron chi connectivity index (χ0n) is 18.3. The van der Waals surface area contributed by atoms with Gasteiger partial charge in [0.2, 0.25) is 5.95 Å². The Bertz CT molecular complexity index is 1090. The third kappa shape index (κ3) is 3.46. The number of hydrogen-bond acceptors (Lipinski definition) is 5. The largest absolute Gasteiger partial charge is 0.494 e. The average Bonchev–Trinajstić information content (AvgIpc) is 3.38. The number of nitrogens with zero attached hydrogens (tertiary/aromatic N) is 4. The van der Waals surface area contributed by atoms with Gasteiger partial charge in [0.15, 0.2) is 5.69 Å². The maximum absolute atomic E-state index is 13.3. The van der Waals surface area contributed by atoms with Crippen LogP contribution in [0.25, 0.3) is 16.4 Å². The minimum Gasteiger partial charge on any atom is -0.494 e. The van der Waals surface area contributed by atoms with Crippen LogP contribution < -0.4 is 10.5 Å². The molecule has 1 unspecified atom stereocenters. The summed E-state index contributed by atoms with van der Waals surface area (Å²) in [6, 6.07) is 7.51. The number of methoxy groups -OCH3 is 1. The van der Waals surface area contributed by atoms with E-state index in [1.165, 1.54) is 6.42 Å². The number of ether oxygens (including phenoxy) is 1. The zero-order chi connectivity index (χ0) is 21.5. The van der Waals surface area contributed by atoms with Crippen LogP contribution in [0.2, 0.25) is 0 Å². The summed E-state index contributed by atoms with van der Waals surface area (Å²) < 4.78 is 6.97. The monoisotopic (exact) mass is 409 g/mol. The van der Waals surface area contributed by atoms with E-state index in [0.717, 1.165) is 43.3 Å². The van der Waals surface area contributed by atoms with Gasteiger partial charge in [-0.25, -0.2) is 4.98 Å².